The fraction of sp³-hybridized carbons (Fsp3) is 0.611. The Balaban J connectivity index is 1.54. The largest absolute Gasteiger partial charge is 0.376 e. The molecular formula is C18H24FNO3. The number of nitrogens with one attached hydrogen (secondary N) is 1. The molecule has 1 saturated carbocycles. The minimum atomic E-state index is -0.513. The SMILES string of the molecule is C[C@H](OC[C@@H]1CCCO1)C(=O)N[C@@H](c1ccc(F)cc1)C1CC1. The van der Waals surface area contributed by atoms with Crippen molar-refractivity contribution < 1.29 is 18.7 Å². The lowest BCUT2D eigenvalue weighted by atomic mass is 10.0. The third-order valence-electron chi connectivity index (χ3n) is 4.55. The fourth-order valence-electron chi connectivity index (χ4n) is 2.95. The number of ether oxygens (including phenoxy) is 2. The molecule has 5 heteroatoms. The van der Waals surface area contributed by atoms with Gasteiger partial charge in [-0.3, -0.25) is 4.79 Å². The second kappa shape index (κ2) is 7.41. The van der Waals surface area contributed by atoms with Crippen LogP contribution in [0.2, 0.25) is 0 Å². The second-order valence-electron chi connectivity index (χ2n) is 6.49. The van der Waals surface area contributed by atoms with Crippen molar-refractivity contribution in [3.05, 3.63) is 35.6 Å². The zero-order valence-electron chi connectivity index (χ0n) is 13.5. The molecule has 1 aromatic rings. The number of carbonyl (C=O) groups is 1. The van der Waals surface area contributed by atoms with Gasteiger partial charge in [0.1, 0.15) is 11.9 Å². The second-order valence-corrected chi connectivity index (χ2v) is 6.49. The summed E-state index contributed by atoms with van der Waals surface area (Å²) in [4.78, 5) is 12.4. The summed E-state index contributed by atoms with van der Waals surface area (Å²) in [5.41, 5.74) is 0.952. The van der Waals surface area contributed by atoms with Gasteiger partial charge in [0, 0.05) is 6.61 Å². The van der Waals surface area contributed by atoms with Crippen molar-refractivity contribution in [2.24, 2.45) is 5.92 Å². The first kappa shape index (κ1) is 16.4. The smallest absolute Gasteiger partial charge is 0.249 e. The molecule has 1 saturated heterocycles. The van der Waals surface area contributed by atoms with Crippen LogP contribution in [0.25, 0.3) is 0 Å². The van der Waals surface area contributed by atoms with Crippen LogP contribution >= 0.6 is 0 Å². The standard InChI is InChI=1S/C18H24FNO3/c1-12(23-11-16-3-2-10-22-16)18(21)20-17(13-4-5-13)14-6-8-15(19)9-7-14/h6-9,12-13,16-17H,2-5,10-11H2,1H3,(H,20,21)/t12-,16-,17+/m0/s1. The molecule has 2 fully saturated rings. The molecule has 1 N–H and O–H groups in total. The summed E-state index contributed by atoms with van der Waals surface area (Å²) in [7, 11) is 0. The summed E-state index contributed by atoms with van der Waals surface area (Å²) >= 11 is 0. The Morgan fingerprint density at radius 1 is 1.35 bits per heavy atom. The number of halogens is 1. The highest BCUT2D eigenvalue weighted by Crippen LogP contribution is 2.41. The van der Waals surface area contributed by atoms with E-state index in [-0.39, 0.29) is 23.9 Å². The molecule has 4 nitrogen and oxygen atoms in total. The summed E-state index contributed by atoms with van der Waals surface area (Å²) in [6.07, 6.45) is 3.83. The highest BCUT2D eigenvalue weighted by Gasteiger charge is 2.34. The van der Waals surface area contributed by atoms with E-state index in [0.717, 1.165) is 37.9 Å². The molecule has 1 aromatic carbocycles. The molecule has 1 heterocycles. The van der Waals surface area contributed by atoms with Crippen LogP contribution in [0.15, 0.2) is 24.3 Å². The minimum absolute atomic E-state index is 0.0584. The van der Waals surface area contributed by atoms with Crippen molar-refractivity contribution in [2.75, 3.05) is 13.2 Å². The molecule has 1 aliphatic carbocycles. The van der Waals surface area contributed by atoms with E-state index >= 15 is 0 Å². The van der Waals surface area contributed by atoms with Crippen molar-refractivity contribution in [3.8, 4) is 0 Å². The topological polar surface area (TPSA) is 47.6 Å². The molecule has 3 rings (SSSR count). The quantitative estimate of drug-likeness (QED) is 0.840. The van der Waals surface area contributed by atoms with Crippen LogP contribution < -0.4 is 5.32 Å². The van der Waals surface area contributed by atoms with Crippen molar-refractivity contribution in [1.29, 1.82) is 0 Å². The summed E-state index contributed by atoms with van der Waals surface area (Å²) in [6.45, 7) is 3.00. The monoisotopic (exact) mass is 321 g/mol. The maximum atomic E-state index is 13.1. The maximum Gasteiger partial charge on any atom is 0.249 e. The zero-order chi connectivity index (χ0) is 16.2. The van der Waals surface area contributed by atoms with Gasteiger partial charge in [0.2, 0.25) is 5.91 Å². The van der Waals surface area contributed by atoms with Crippen molar-refractivity contribution in [3.63, 3.8) is 0 Å². The Bertz CT molecular complexity index is 524. The average Bonchev–Trinajstić information content (AvgIpc) is 3.26. The van der Waals surface area contributed by atoms with Gasteiger partial charge in [-0.1, -0.05) is 12.1 Å². The van der Waals surface area contributed by atoms with E-state index in [1.807, 2.05) is 0 Å². The van der Waals surface area contributed by atoms with Gasteiger partial charge in [0.05, 0.1) is 18.8 Å². The lowest BCUT2D eigenvalue weighted by Gasteiger charge is -2.22. The van der Waals surface area contributed by atoms with Crippen LogP contribution in [0.4, 0.5) is 4.39 Å². The zero-order valence-corrected chi connectivity index (χ0v) is 13.5. The Kier molecular flexibility index (Phi) is 5.28. The molecule has 2 aliphatic rings. The lowest BCUT2D eigenvalue weighted by molar-refractivity contribution is -0.134. The Labute approximate surface area is 136 Å². The molecule has 126 valence electrons. The van der Waals surface area contributed by atoms with Crippen LogP contribution in [-0.4, -0.2) is 31.3 Å². The van der Waals surface area contributed by atoms with E-state index in [0.29, 0.717) is 12.5 Å². The van der Waals surface area contributed by atoms with Gasteiger partial charge in [-0.25, -0.2) is 4.39 Å². The van der Waals surface area contributed by atoms with E-state index in [1.54, 1.807) is 19.1 Å². The summed E-state index contributed by atoms with van der Waals surface area (Å²) in [5.74, 6) is 0.0573. The third kappa shape index (κ3) is 4.52. The molecule has 1 amide bonds. The summed E-state index contributed by atoms with van der Waals surface area (Å²) < 4.78 is 24.2. The molecule has 3 atom stereocenters. The number of benzene rings is 1. The molecule has 0 spiro atoms. The van der Waals surface area contributed by atoms with Gasteiger partial charge >= 0.3 is 0 Å². The normalized spacial score (nSPS) is 23.5. The molecule has 0 unspecified atom stereocenters. The van der Waals surface area contributed by atoms with Crippen LogP contribution in [0.5, 0.6) is 0 Å². The van der Waals surface area contributed by atoms with Gasteiger partial charge < -0.3 is 14.8 Å². The number of hydrogen-bond donors (Lipinski definition) is 1. The molecule has 0 radical (unpaired) electrons. The van der Waals surface area contributed by atoms with Crippen LogP contribution in [0, 0.1) is 11.7 Å². The van der Waals surface area contributed by atoms with Gasteiger partial charge in [0.15, 0.2) is 0 Å². The first-order valence-corrected chi connectivity index (χ1v) is 8.42. The number of carbonyl (C=O) groups excluding carboxylic acids is 1. The Morgan fingerprint density at radius 2 is 2.09 bits per heavy atom. The van der Waals surface area contributed by atoms with E-state index in [9.17, 15) is 9.18 Å². The van der Waals surface area contributed by atoms with Gasteiger partial charge in [-0.05, 0) is 56.2 Å². The lowest BCUT2D eigenvalue weighted by Crippen LogP contribution is -2.39. The Morgan fingerprint density at radius 3 is 2.70 bits per heavy atom. The molecular weight excluding hydrogens is 297 g/mol. The first-order valence-electron chi connectivity index (χ1n) is 8.42. The summed E-state index contributed by atoms with van der Waals surface area (Å²) in [6, 6.07) is 6.31. The van der Waals surface area contributed by atoms with E-state index in [4.69, 9.17) is 9.47 Å². The number of rotatable bonds is 7. The highest BCUT2D eigenvalue weighted by molar-refractivity contribution is 5.80. The van der Waals surface area contributed by atoms with Crippen LogP contribution in [0.1, 0.15) is 44.2 Å². The third-order valence-corrected chi connectivity index (χ3v) is 4.55. The fourth-order valence-corrected chi connectivity index (χ4v) is 2.95. The average molecular weight is 321 g/mol. The highest BCUT2D eigenvalue weighted by atomic mass is 19.1. The van der Waals surface area contributed by atoms with E-state index < -0.39 is 6.10 Å². The molecule has 1 aliphatic heterocycles. The van der Waals surface area contributed by atoms with Crippen molar-refractivity contribution in [1.82, 2.24) is 5.32 Å². The van der Waals surface area contributed by atoms with Crippen LogP contribution in [0.3, 0.4) is 0 Å². The maximum absolute atomic E-state index is 13.1. The summed E-state index contributed by atoms with van der Waals surface area (Å²) in [5, 5.41) is 3.06. The van der Waals surface area contributed by atoms with Crippen LogP contribution in [-0.2, 0) is 14.3 Å². The first-order chi connectivity index (χ1) is 11.1. The van der Waals surface area contributed by atoms with Gasteiger partial charge in [-0.2, -0.15) is 0 Å². The van der Waals surface area contributed by atoms with E-state index in [2.05, 4.69) is 5.32 Å². The molecule has 23 heavy (non-hydrogen) atoms. The van der Waals surface area contributed by atoms with Crippen molar-refractivity contribution in [2.45, 2.75) is 50.9 Å². The predicted molar refractivity (Wildman–Crippen MR) is 84.4 cm³/mol. The van der Waals surface area contributed by atoms with Gasteiger partial charge in [-0.15, -0.1) is 0 Å². The number of hydrogen-bond acceptors (Lipinski definition) is 3. The Hall–Kier alpha value is -1.46. The van der Waals surface area contributed by atoms with Gasteiger partial charge in [0.25, 0.3) is 0 Å². The predicted octanol–water partition coefficient (Wildman–Crippen LogP) is 2.98. The minimum Gasteiger partial charge on any atom is -0.376 e. The number of amides is 1. The van der Waals surface area contributed by atoms with Crippen molar-refractivity contribution >= 4 is 5.91 Å². The van der Waals surface area contributed by atoms with E-state index in [1.165, 1.54) is 12.1 Å². The molecule has 0 bridgehead atoms. The molecule has 0 aromatic heterocycles.